The van der Waals surface area contributed by atoms with Crippen LogP contribution in [0.4, 0.5) is 5.69 Å². The third-order valence-corrected chi connectivity index (χ3v) is 8.15. The highest BCUT2D eigenvalue weighted by Crippen LogP contribution is 2.29. The van der Waals surface area contributed by atoms with Crippen molar-refractivity contribution in [1.29, 1.82) is 0 Å². The van der Waals surface area contributed by atoms with Crippen molar-refractivity contribution < 1.29 is 22.4 Å². The van der Waals surface area contributed by atoms with Crippen molar-refractivity contribution in [3.63, 3.8) is 0 Å². The van der Waals surface area contributed by atoms with E-state index >= 15 is 0 Å². The second-order valence-electron chi connectivity index (χ2n) is 8.09. The highest BCUT2D eigenvalue weighted by Gasteiger charge is 2.27. The molecule has 0 amide bonds. The minimum absolute atomic E-state index is 0.0585. The molecule has 3 aromatic rings. The van der Waals surface area contributed by atoms with Crippen molar-refractivity contribution >= 4 is 32.8 Å². The molecule has 0 saturated carbocycles. The molecule has 34 heavy (non-hydrogen) atoms. The molecule has 0 N–H and O–H groups in total. The molecule has 1 aliphatic heterocycles. The molecule has 0 spiro atoms. The summed E-state index contributed by atoms with van der Waals surface area (Å²) in [6.07, 6.45) is 2.01. The van der Waals surface area contributed by atoms with Gasteiger partial charge in [-0.3, -0.25) is 4.57 Å². The third kappa shape index (κ3) is 4.60. The molecular weight excluding hydrogens is 458 g/mol. The van der Waals surface area contributed by atoms with E-state index in [-0.39, 0.29) is 23.6 Å². The standard InChI is InChI=1S/C24H29N3O6S/c1-3-26(4-2)34(30,31)18-11-12-20(25-13-7-8-14-25)19(17-18)23(28)32-16-15-27-21-9-5-6-10-22(21)33-24(27)29/h5-6,9-12,17H,3-4,7-8,13-16H2,1-2H3. The lowest BCUT2D eigenvalue weighted by molar-refractivity contribution is 0.0490. The van der Waals surface area contributed by atoms with Crippen LogP contribution in [0.25, 0.3) is 11.1 Å². The van der Waals surface area contributed by atoms with Crippen molar-refractivity contribution in [3.05, 3.63) is 58.6 Å². The number of carbonyl (C=O) groups is 1. The zero-order chi connectivity index (χ0) is 24.3. The molecule has 9 nitrogen and oxygen atoms in total. The second-order valence-corrected chi connectivity index (χ2v) is 10.0. The van der Waals surface area contributed by atoms with Gasteiger partial charge in [-0.15, -0.1) is 0 Å². The smallest absolute Gasteiger partial charge is 0.420 e. The minimum Gasteiger partial charge on any atom is -0.460 e. The summed E-state index contributed by atoms with van der Waals surface area (Å²) in [4.78, 5) is 27.4. The Morgan fingerprint density at radius 1 is 1.09 bits per heavy atom. The van der Waals surface area contributed by atoms with Crippen LogP contribution < -0.4 is 10.7 Å². The maximum atomic E-state index is 13.1. The zero-order valence-electron chi connectivity index (χ0n) is 19.4. The minimum atomic E-state index is -3.73. The second kappa shape index (κ2) is 10.0. The molecule has 2 heterocycles. The number of hydrogen-bond acceptors (Lipinski definition) is 7. The molecule has 0 bridgehead atoms. The fraction of sp³-hybridized carbons (Fsp3) is 0.417. The van der Waals surface area contributed by atoms with E-state index in [0.717, 1.165) is 25.9 Å². The van der Waals surface area contributed by atoms with E-state index in [1.165, 1.54) is 14.9 Å². The fourth-order valence-electron chi connectivity index (χ4n) is 4.32. The molecule has 1 saturated heterocycles. The van der Waals surface area contributed by atoms with E-state index in [1.807, 2.05) is 0 Å². The Bertz CT molecular complexity index is 1330. The van der Waals surface area contributed by atoms with E-state index < -0.39 is 21.7 Å². The lowest BCUT2D eigenvalue weighted by Gasteiger charge is -2.23. The summed E-state index contributed by atoms with van der Waals surface area (Å²) in [5.74, 6) is -1.15. The number of sulfonamides is 1. The molecule has 182 valence electrons. The van der Waals surface area contributed by atoms with E-state index in [4.69, 9.17) is 9.15 Å². The molecule has 0 atom stereocenters. The topological polar surface area (TPSA) is 102 Å². The molecule has 10 heteroatoms. The first-order chi connectivity index (χ1) is 16.4. The number of anilines is 1. The van der Waals surface area contributed by atoms with Gasteiger partial charge in [-0.1, -0.05) is 26.0 Å². The highest BCUT2D eigenvalue weighted by atomic mass is 32.2. The summed E-state index contributed by atoms with van der Waals surface area (Å²) in [5, 5.41) is 0. The first-order valence-electron chi connectivity index (χ1n) is 11.5. The van der Waals surface area contributed by atoms with Crippen LogP contribution in [0.3, 0.4) is 0 Å². The summed E-state index contributed by atoms with van der Waals surface area (Å²) in [5.41, 5.74) is 1.95. The Balaban J connectivity index is 1.59. The number of carbonyl (C=O) groups excluding carboxylic acids is 1. The molecule has 0 aliphatic carbocycles. The molecule has 1 aliphatic rings. The lowest BCUT2D eigenvalue weighted by atomic mass is 10.1. The quantitative estimate of drug-likeness (QED) is 0.428. The lowest BCUT2D eigenvalue weighted by Crippen LogP contribution is -2.31. The van der Waals surface area contributed by atoms with Crippen LogP contribution in [0.2, 0.25) is 0 Å². The number of fused-ring (bicyclic) bond motifs is 1. The van der Waals surface area contributed by atoms with Gasteiger partial charge in [-0.2, -0.15) is 4.31 Å². The van der Waals surface area contributed by atoms with Crippen molar-refractivity contribution in [2.24, 2.45) is 0 Å². The Labute approximate surface area is 198 Å². The summed E-state index contributed by atoms with van der Waals surface area (Å²) in [6, 6.07) is 11.7. The summed E-state index contributed by atoms with van der Waals surface area (Å²) < 4.78 is 39.6. The Morgan fingerprint density at radius 3 is 2.50 bits per heavy atom. The highest BCUT2D eigenvalue weighted by molar-refractivity contribution is 7.89. The first-order valence-corrected chi connectivity index (χ1v) is 13.0. The van der Waals surface area contributed by atoms with Crippen LogP contribution in [0, 0.1) is 0 Å². The number of benzene rings is 2. The van der Waals surface area contributed by atoms with E-state index in [1.54, 1.807) is 50.2 Å². The zero-order valence-corrected chi connectivity index (χ0v) is 20.2. The predicted octanol–water partition coefficient (Wildman–Crippen LogP) is 3.08. The summed E-state index contributed by atoms with van der Waals surface area (Å²) >= 11 is 0. The maximum Gasteiger partial charge on any atom is 0.420 e. The number of rotatable bonds is 9. The van der Waals surface area contributed by atoms with Gasteiger partial charge >= 0.3 is 11.7 Å². The van der Waals surface area contributed by atoms with E-state index in [2.05, 4.69) is 4.90 Å². The van der Waals surface area contributed by atoms with Crippen LogP contribution in [0.1, 0.15) is 37.0 Å². The average Bonchev–Trinajstić information content (AvgIpc) is 3.47. The SMILES string of the molecule is CCN(CC)S(=O)(=O)c1ccc(N2CCCC2)c(C(=O)OCCn2c(=O)oc3ccccc32)c1. The van der Waals surface area contributed by atoms with E-state index in [0.29, 0.717) is 29.9 Å². The Morgan fingerprint density at radius 2 is 1.79 bits per heavy atom. The average molecular weight is 488 g/mol. The van der Waals surface area contributed by atoms with Crippen LogP contribution in [0.5, 0.6) is 0 Å². The van der Waals surface area contributed by atoms with Gasteiger partial charge in [-0.05, 0) is 43.2 Å². The van der Waals surface area contributed by atoms with Gasteiger partial charge in [0.1, 0.15) is 6.61 Å². The van der Waals surface area contributed by atoms with Crippen molar-refractivity contribution in [3.8, 4) is 0 Å². The van der Waals surface area contributed by atoms with Crippen LogP contribution in [-0.4, -0.2) is 56.0 Å². The maximum absolute atomic E-state index is 13.1. The third-order valence-electron chi connectivity index (χ3n) is 6.10. The molecule has 4 rings (SSSR count). The molecular formula is C24H29N3O6S. The van der Waals surface area contributed by atoms with Crippen LogP contribution in [-0.2, 0) is 21.3 Å². The van der Waals surface area contributed by atoms with Crippen LogP contribution in [0.15, 0.2) is 56.6 Å². The number of nitrogens with zero attached hydrogens (tertiary/aromatic N) is 3. The van der Waals surface area contributed by atoms with Gasteiger partial charge in [0.05, 0.1) is 28.2 Å². The number of esters is 1. The van der Waals surface area contributed by atoms with Crippen molar-refractivity contribution in [2.45, 2.75) is 38.1 Å². The van der Waals surface area contributed by atoms with Gasteiger partial charge in [0.15, 0.2) is 5.58 Å². The number of para-hydroxylation sites is 2. The largest absolute Gasteiger partial charge is 0.460 e. The predicted molar refractivity (Wildman–Crippen MR) is 129 cm³/mol. The van der Waals surface area contributed by atoms with E-state index in [9.17, 15) is 18.0 Å². The normalized spacial score (nSPS) is 14.3. The molecule has 1 aromatic heterocycles. The van der Waals surface area contributed by atoms with Gasteiger partial charge in [-0.25, -0.2) is 18.0 Å². The number of oxazole rings is 1. The number of ether oxygens (including phenoxy) is 1. The Kier molecular flexibility index (Phi) is 7.08. The first kappa shape index (κ1) is 24.0. The molecule has 1 fully saturated rings. The summed E-state index contributed by atoms with van der Waals surface area (Å²) in [6.45, 7) is 5.86. The summed E-state index contributed by atoms with van der Waals surface area (Å²) in [7, 11) is -3.73. The number of hydrogen-bond donors (Lipinski definition) is 0. The van der Waals surface area contributed by atoms with Gasteiger partial charge in [0.25, 0.3) is 0 Å². The molecule has 0 radical (unpaired) electrons. The van der Waals surface area contributed by atoms with Gasteiger partial charge in [0.2, 0.25) is 10.0 Å². The monoisotopic (exact) mass is 487 g/mol. The van der Waals surface area contributed by atoms with Crippen LogP contribution >= 0.6 is 0 Å². The molecule has 2 aromatic carbocycles. The molecule has 0 unspecified atom stereocenters. The van der Waals surface area contributed by atoms with Gasteiger partial charge in [0, 0.05) is 26.2 Å². The number of aromatic nitrogens is 1. The van der Waals surface area contributed by atoms with Gasteiger partial charge < -0.3 is 14.1 Å². The van der Waals surface area contributed by atoms with Crippen molar-refractivity contribution in [2.75, 3.05) is 37.7 Å². The Hall–Kier alpha value is -3.11. The van der Waals surface area contributed by atoms with Crippen molar-refractivity contribution in [1.82, 2.24) is 8.87 Å². The fourth-order valence-corrected chi connectivity index (χ4v) is 5.80.